The van der Waals surface area contributed by atoms with E-state index in [9.17, 15) is 9.59 Å². The van der Waals surface area contributed by atoms with Crippen molar-refractivity contribution >= 4 is 17.8 Å². The molecule has 0 aliphatic carbocycles. The molecule has 1 heterocycles. The molecule has 210 valence electrons. The lowest BCUT2D eigenvalue weighted by Crippen LogP contribution is -2.44. The second-order valence-electron chi connectivity index (χ2n) is 11.4. The van der Waals surface area contributed by atoms with Crippen molar-refractivity contribution in [1.82, 2.24) is 0 Å². The number of benzene rings is 3. The van der Waals surface area contributed by atoms with Crippen molar-refractivity contribution < 1.29 is 23.5 Å². The third-order valence-electron chi connectivity index (χ3n) is 8.03. The summed E-state index contributed by atoms with van der Waals surface area (Å²) >= 11 is 0. The average molecular weight is 541 g/mol. The van der Waals surface area contributed by atoms with E-state index in [0.717, 1.165) is 33.8 Å². The number of esters is 1. The Hall–Kier alpha value is -3.70. The summed E-state index contributed by atoms with van der Waals surface area (Å²) in [6, 6.07) is 27.0. The van der Waals surface area contributed by atoms with Crippen LogP contribution in [0.3, 0.4) is 0 Å². The van der Waals surface area contributed by atoms with Crippen LogP contribution >= 0.6 is 0 Å². The van der Waals surface area contributed by atoms with Gasteiger partial charge < -0.3 is 14.0 Å². The van der Waals surface area contributed by atoms with Crippen molar-refractivity contribution in [1.29, 1.82) is 0 Å². The molecule has 3 aromatic carbocycles. The molecule has 1 saturated heterocycles. The molecule has 4 unspecified atom stereocenters. The van der Waals surface area contributed by atoms with E-state index in [-0.39, 0.29) is 30.7 Å². The van der Waals surface area contributed by atoms with Crippen molar-refractivity contribution in [3.05, 3.63) is 108 Å². The van der Waals surface area contributed by atoms with Crippen LogP contribution in [0, 0.1) is 11.8 Å². The molecule has 0 radical (unpaired) electrons. The lowest BCUT2D eigenvalue weighted by Gasteiger charge is -2.29. The predicted molar refractivity (Wildman–Crippen MR) is 160 cm³/mol. The summed E-state index contributed by atoms with van der Waals surface area (Å²) in [5, 5.41) is 0. The van der Waals surface area contributed by atoms with Crippen molar-refractivity contribution in [3.63, 3.8) is 0 Å². The quantitative estimate of drug-likeness (QED) is 0.136. The van der Waals surface area contributed by atoms with E-state index in [1.165, 1.54) is 19.5 Å². The minimum atomic E-state index is -0.400. The van der Waals surface area contributed by atoms with Gasteiger partial charge in [0.1, 0.15) is 25.5 Å². The van der Waals surface area contributed by atoms with E-state index in [4.69, 9.17) is 9.47 Å². The zero-order valence-corrected chi connectivity index (χ0v) is 24.0. The number of quaternary nitrogens is 1. The largest absolute Gasteiger partial charge is 0.488 e. The van der Waals surface area contributed by atoms with Crippen LogP contribution in [0.2, 0.25) is 0 Å². The van der Waals surface area contributed by atoms with E-state index in [0.29, 0.717) is 12.2 Å². The highest BCUT2D eigenvalue weighted by molar-refractivity contribution is 5.98. The first kappa shape index (κ1) is 29.3. The van der Waals surface area contributed by atoms with Crippen LogP contribution in [0.4, 0.5) is 0 Å². The van der Waals surface area contributed by atoms with Crippen LogP contribution in [0.5, 0.6) is 5.75 Å². The maximum absolute atomic E-state index is 13.5. The predicted octanol–water partition coefficient (Wildman–Crippen LogP) is 6.80. The molecule has 3 aromatic rings. The third-order valence-corrected chi connectivity index (χ3v) is 8.03. The van der Waals surface area contributed by atoms with E-state index >= 15 is 0 Å². The topological polar surface area (TPSA) is 52.6 Å². The number of carbonyl (C=O) groups is 2. The van der Waals surface area contributed by atoms with Crippen LogP contribution in [-0.4, -0.2) is 56.1 Å². The number of nitrogens with zero attached hydrogens (tertiary/aromatic N) is 1. The lowest BCUT2D eigenvalue weighted by molar-refractivity contribution is -0.899. The van der Waals surface area contributed by atoms with Crippen molar-refractivity contribution in [2.75, 3.05) is 39.9 Å². The van der Waals surface area contributed by atoms with Crippen LogP contribution in [-0.2, 0) is 9.53 Å². The summed E-state index contributed by atoms with van der Waals surface area (Å²) in [7, 11) is 2.30. The molecule has 0 bridgehead atoms. The van der Waals surface area contributed by atoms with Gasteiger partial charge in [0.05, 0.1) is 26.6 Å². The maximum atomic E-state index is 13.5. The Morgan fingerprint density at radius 3 is 2.30 bits per heavy atom. The molecule has 0 amide bonds. The molecule has 5 heteroatoms. The number of likely N-dealkylation sites (tertiary alicyclic amines) is 1. The Balaban J connectivity index is 1.34. The van der Waals surface area contributed by atoms with Gasteiger partial charge in [0.15, 0.2) is 5.78 Å². The zero-order chi connectivity index (χ0) is 28.4. The molecule has 1 fully saturated rings. The Bertz CT molecular complexity index is 1260. The minimum absolute atomic E-state index is 0.00120. The van der Waals surface area contributed by atoms with Gasteiger partial charge in [0, 0.05) is 29.7 Å². The van der Waals surface area contributed by atoms with E-state index in [1.54, 1.807) is 0 Å². The highest BCUT2D eigenvalue weighted by atomic mass is 16.5. The van der Waals surface area contributed by atoms with E-state index in [1.807, 2.05) is 104 Å². The van der Waals surface area contributed by atoms with E-state index < -0.39 is 5.92 Å². The van der Waals surface area contributed by atoms with Gasteiger partial charge in [-0.05, 0) is 41.5 Å². The first-order valence-corrected chi connectivity index (χ1v) is 14.4. The number of carbonyl (C=O) groups excluding carboxylic acids is 2. The molecule has 0 N–H and O–H groups in total. The maximum Gasteiger partial charge on any atom is 0.306 e. The van der Waals surface area contributed by atoms with Crippen LogP contribution in [0.15, 0.2) is 91.0 Å². The first-order valence-electron chi connectivity index (χ1n) is 14.4. The third kappa shape index (κ3) is 8.40. The summed E-state index contributed by atoms with van der Waals surface area (Å²) in [6.45, 7) is 8.46. The van der Waals surface area contributed by atoms with Gasteiger partial charge in [0.2, 0.25) is 0 Å². The molecular weight excluding hydrogens is 498 g/mol. The monoisotopic (exact) mass is 540 g/mol. The van der Waals surface area contributed by atoms with Crippen LogP contribution in [0.25, 0.3) is 6.08 Å². The standard InChI is InChI=1S/C35H42NO4/c1-27-20-21-36(3,26-27)22-24-39-32-18-16-31(17-19-32)35(38)28(2)33(30-14-8-5-9-15-30)25-34(37)40-23-10-13-29-11-6-4-7-12-29/h4-19,27-28,33H,20-26H2,1-3H3/q+1/b13-10+. The summed E-state index contributed by atoms with van der Waals surface area (Å²) in [6.07, 6.45) is 5.16. The van der Waals surface area contributed by atoms with Gasteiger partial charge in [-0.1, -0.05) is 80.6 Å². The zero-order valence-electron chi connectivity index (χ0n) is 24.0. The van der Waals surface area contributed by atoms with Gasteiger partial charge in [0.25, 0.3) is 0 Å². The number of ether oxygens (including phenoxy) is 2. The highest BCUT2D eigenvalue weighted by Crippen LogP contribution is 2.31. The number of rotatable bonds is 13. The molecule has 4 rings (SSSR count). The second-order valence-corrected chi connectivity index (χ2v) is 11.4. The first-order chi connectivity index (χ1) is 19.3. The average Bonchev–Trinajstić information content (AvgIpc) is 3.32. The number of Topliss-reactive ketones (excluding diaryl/α,β-unsaturated/α-hetero) is 1. The van der Waals surface area contributed by atoms with Crippen LogP contribution in [0.1, 0.15) is 54.1 Å². The minimum Gasteiger partial charge on any atom is -0.488 e. The molecule has 1 aliphatic rings. The highest BCUT2D eigenvalue weighted by Gasteiger charge is 2.32. The van der Waals surface area contributed by atoms with Gasteiger partial charge in [-0.2, -0.15) is 0 Å². The number of ketones is 1. The fourth-order valence-corrected chi connectivity index (χ4v) is 5.63. The van der Waals surface area contributed by atoms with Crippen molar-refractivity contribution in [2.45, 2.75) is 32.6 Å². The Morgan fingerprint density at radius 2 is 1.65 bits per heavy atom. The normalized spacial score (nSPS) is 20.2. The molecule has 4 atom stereocenters. The lowest BCUT2D eigenvalue weighted by atomic mass is 9.80. The summed E-state index contributed by atoms with van der Waals surface area (Å²) in [4.78, 5) is 26.3. The van der Waals surface area contributed by atoms with Crippen LogP contribution < -0.4 is 4.74 Å². The van der Waals surface area contributed by atoms with Gasteiger partial charge in [-0.25, -0.2) is 0 Å². The summed E-state index contributed by atoms with van der Waals surface area (Å²) in [5.74, 6) is 0.538. The molecule has 0 aromatic heterocycles. The smallest absolute Gasteiger partial charge is 0.306 e. The fraction of sp³-hybridized carbons (Fsp3) is 0.371. The Kier molecular flexibility index (Phi) is 10.3. The van der Waals surface area contributed by atoms with Gasteiger partial charge >= 0.3 is 5.97 Å². The number of hydrogen-bond donors (Lipinski definition) is 0. The molecule has 0 saturated carbocycles. The Morgan fingerprint density at radius 1 is 0.975 bits per heavy atom. The fourth-order valence-electron chi connectivity index (χ4n) is 5.63. The van der Waals surface area contributed by atoms with Crippen molar-refractivity contribution in [2.24, 2.45) is 11.8 Å². The Labute approximate surface area is 239 Å². The molecule has 5 nitrogen and oxygen atoms in total. The molecule has 1 aliphatic heterocycles. The van der Waals surface area contributed by atoms with Gasteiger partial charge in [-0.15, -0.1) is 0 Å². The van der Waals surface area contributed by atoms with Crippen molar-refractivity contribution in [3.8, 4) is 5.75 Å². The molecule has 40 heavy (non-hydrogen) atoms. The summed E-state index contributed by atoms with van der Waals surface area (Å²) in [5.41, 5.74) is 2.62. The second kappa shape index (κ2) is 14.1. The molecule has 0 spiro atoms. The molecular formula is C35H42NO4+. The summed E-state index contributed by atoms with van der Waals surface area (Å²) < 4.78 is 12.6. The number of hydrogen-bond acceptors (Lipinski definition) is 4. The van der Waals surface area contributed by atoms with E-state index in [2.05, 4.69) is 14.0 Å². The SMILES string of the molecule is CC1CC[N+](C)(CCOc2ccc(C(=O)C(C)C(CC(=O)OC/C=C/c3ccccc3)c3ccccc3)cc2)C1. The number of likely N-dealkylation sites (N-methyl/N-ethyl adjacent to an activating group) is 1. The van der Waals surface area contributed by atoms with Gasteiger partial charge in [-0.3, -0.25) is 9.59 Å².